The summed E-state index contributed by atoms with van der Waals surface area (Å²) in [5, 5.41) is 3.25. The third-order valence-electron chi connectivity index (χ3n) is 2.28. The van der Waals surface area contributed by atoms with E-state index in [1.165, 1.54) is 12.2 Å². The Morgan fingerprint density at radius 2 is 2.07 bits per heavy atom. The van der Waals surface area contributed by atoms with Gasteiger partial charge in [0.15, 0.2) is 0 Å². The van der Waals surface area contributed by atoms with Crippen LogP contribution in [0.3, 0.4) is 0 Å². The van der Waals surface area contributed by atoms with Crippen molar-refractivity contribution in [1.82, 2.24) is 10.2 Å². The third-order valence-corrected chi connectivity index (χ3v) is 3.47. The molecule has 0 radical (unpaired) electrons. The lowest BCUT2D eigenvalue weighted by Gasteiger charge is -2.27. The number of thioether (sulfide) groups is 1. The van der Waals surface area contributed by atoms with Gasteiger partial charge in [-0.2, -0.15) is 11.8 Å². The number of carbonyl (C=O) groups is 1. The maximum Gasteiger partial charge on any atom is 0.223 e. The third kappa shape index (κ3) is 4.33. The first-order chi connectivity index (χ1) is 6.84. The van der Waals surface area contributed by atoms with Crippen LogP contribution in [0.4, 0.5) is 0 Å². The molecule has 1 amide bonds. The second kappa shape index (κ2) is 7.12. The van der Waals surface area contributed by atoms with Gasteiger partial charge in [-0.3, -0.25) is 4.79 Å². The fourth-order valence-electron chi connectivity index (χ4n) is 1.48. The highest BCUT2D eigenvalue weighted by Gasteiger charge is 2.14. The highest BCUT2D eigenvalue weighted by molar-refractivity contribution is 7.99. The minimum Gasteiger partial charge on any atom is -0.340 e. The van der Waals surface area contributed by atoms with Crippen molar-refractivity contribution in [3.05, 3.63) is 0 Å². The molecule has 1 aliphatic heterocycles. The smallest absolute Gasteiger partial charge is 0.223 e. The number of nitrogens with zero attached hydrogens (tertiary/aromatic N) is 1. The van der Waals surface area contributed by atoms with Crippen LogP contribution in [-0.2, 0) is 4.79 Å². The number of hydrogen-bond acceptors (Lipinski definition) is 3. The molecule has 1 rings (SSSR count). The first-order valence-corrected chi connectivity index (χ1v) is 6.56. The topological polar surface area (TPSA) is 32.3 Å². The highest BCUT2D eigenvalue weighted by Crippen LogP contribution is 2.06. The summed E-state index contributed by atoms with van der Waals surface area (Å²) in [4.78, 5) is 13.6. The van der Waals surface area contributed by atoms with Gasteiger partial charge in [-0.15, -0.1) is 0 Å². The van der Waals surface area contributed by atoms with E-state index in [4.69, 9.17) is 0 Å². The summed E-state index contributed by atoms with van der Waals surface area (Å²) in [6.45, 7) is 5.85. The molecule has 3 nitrogen and oxygen atoms in total. The van der Waals surface area contributed by atoms with Gasteiger partial charge in [-0.05, 0) is 12.2 Å². The summed E-state index contributed by atoms with van der Waals surface area (Å²) < 4.78 is 0. The Labute approximate surface area is 90.6 Å². The average molecular weight is 216 g/mol. The van der Waals surface area contributed by atoms with Gasteiger partial charge in [0.25, 0.3) is 0 Å². The molecule has 0 atom stereocenters. The number of amides is 1. The second-order valence-corrected chi connectivity index (χ2v) is 4.72. The van der Waals surface area contributed by atoms with Crippen LogP contribution in [0.1, 0.15) is 19.8 Å². The summed E-state index contributed by atoms with van der Waals surface area (Å²) in [5.41, 5.74) is 0. The van der Waals surface area contributed by atoms with E-state index in [9.17, 15) is 4.79 Å². The van der Waals surface area contributed by atoms with Gasteiger partial charge in [-0.1, -0.05) is 6.92 Å². The predicted octanol–water partition coefficient (Wildman–Crippen LogP) is 0.952. The summed E-state index contributed by atoms with van der Waals surface area (Å²) in [5.74, 6) is 2.49. The van der Waals surface area contributed by atoms with Crippen LogP contribution in [-0.4, -0.2) is 48.5 Å². The Morgan fingerprint density at radius 1 is 1.36 bits per heavy atom. The molecule has 0 saturated carbocycles. The average Bonchev–Trinajstić information content (AvgIpc) is 2.25. The molecule has 14 heavy (non-hydrogen) atoms. The normalized spacial score (nSPS) is 17.1. The molecule has 4 heteroatoms. The van der Waals surface area contributed by atoms with Crippen molar-refractivity contribution in [2.75, 3.05) is 37.7 Å². The lowest BCUT2D eigenvalue weighted by Crippen LogP contribution is -2.46. The standard InChI is InChI=1S/C10H20N2OS/c1-2-8-14-9-3-10(13)12-6-4-11-5-7-12/h11H,2-9H2,1H3. The molecule has 82 valence electrons. The van der Waals surface area contributed by atoms with E-state index in [0.717, 1.165) is 31.9 Å². The molecule has 0 unspecified atom stereocenters. The van der Waals surface area contributed by atoms with Crippen LogP contribution in [0.15, 0.2) is 0 Å². The fraction of sp³-hybridized carbons (Fsp3) is 0.900. The summed E-state index contributed by atoms with van der Waals surface area (Å²) in [7, 11) is 0. The van der Waals surface area contributed by atoms with Crippen LogP contribution in [0.5, 0.6) is 0 Å². The van der Waals surface area contributed by atoms with Crippen molar-refractivity contribution < 1.29 is 4.79 Å². The van der Waals surface area contributed by atoms with E-state index in [1.54, 1.807) is 0 Å². The molecule has 0 bridgehead atoms. The van der Waals surface area contributed by atoms with Crippen molar-refractivity contribution in [2.24, 2.45) is 0 Å². The van der Waals surface area contributed by atoms with Crippen LogP contribution in [0, 0.1) is 0 Å². The lowest BCUT2D eigenvalue weighted by atomic mass is 10.3. The number of piperazine rings is 1. The molecule has 0 aromatic heterocycles. The van der Waals surface area contributed by atoms with Gasteiger partial charge >= 0.3 is 0 Å². The van der Waals surface area contributed by atoms with E-state index >= 15 is 0 Å². The molecule has 1 heterocycles. The summed E-state index contributed by atoms with van der Waals surface area (Å²) in [6.07, 6.45) is 1.91. The zero-order valence-electron chi connectivity index (χ0n) is 8.92. The van der Waals surface area contributed by atoms with Gasteiger partial charge in [0.1, 0.15) is 0 Å². The minimum absolute atomic E-state index is 0.329. The highest BCUT2D eigenvalue weighted by atomic mass is 32.2. The molecule has 0 aromatic rings. The van der Waals surface area contributed by atoms with Crippen molar-refractivity contribution >= 4 is 17.7 Å². The predicted molar refractivity (Wildman–Crippen MR) is 61.7 cm³/mol. The van der Waals surface area contributed by atoms with Crippen LogP contribution >= 0.6 is 11.8 Å². The Kier molecular flexibility index (Phi) is 6.03. The molecule has 1 fully saturated rings. The zero-order chi connectivity index (χ0) is 10.2. The van der Waals surface area contributed by atoms with E-state index in [2.05, 4.69) is 12.2 Å². The van der Waals surface area contributed by atoms with Crippen molar-refractivity contribution in [3.8, 4) is 0 Å². The maximum atomic E-state index is 11.6. The number of nitrogens with one attached hydrogen (secondary N) is 1. The summed E-state index contributed by atoms with van der Waals surface area (Å²) >= 11 is 1.88. The van der Waals surface area contributed by atoms with Crippen molar-refractivity contribution in [2.45, 2.75) is 19.8 Å². The first kappa shape index (κ1) is 11.9. The summed E-state index contributed by atoms with van der Waals surface area (Å²) in [6, 6.07) is 0. The van der Waals surface area contributed by atoms with Gasteiger partial charge in [0.05, 0.1) is 0 Å². The quantitative estimate of drug-likeness (QED) is 0.695. The minimum atomic E-state index is 0.329. The Balaban J connectivity index is 2.07. The Morgan fingerprint density at radius 3 is 2.71 bits per heavy atom. The lowest BCUT2D eigenvalue weighted by molar-refractivity contribution is -0.131. The molecule has 0 aromatic carbocycles. The van der Waals surface area contributed by atoms with Gasteiger partial charge in [-0.25, -0.2) is 0 Å². The maximum absolute atomic E-state index is 11.6. The molecule has 1 aliphatic rings. The van der Waals surface area contributed by atoms with Crippen LogP contribution in [0.2, 0.25) is 0 Å². The first-order valence-electron chi connectivity index (χ1n) is 5.41. The van der Waals surface area contributed by atoms with Gasteiger partial charge in [0.2, 0.25) is 5.91 Å². The number of carbonyl (C=O) groups excluding carboxylic acids is 1. The van der Waals surface area contributed by atoms with Crippen molar-refractivity contribution in [1.29, 1.82) is 0 Å². The Hall–Kier alpha value is -0.220. The van der Waals surface area contributed by atoms with E-state index in [0.29, 0.717) is 12.3 Å². The molecule has 1 N–H and O–H groups in total. The SMILES string of the molecule is CCCSCCC(=O)N1CCNCC1. The number of rotatable bonds is 5. The Bertz CT molecular complexity index is 170. The molecule has 0 spiro atoms. The van der Waals surface area contributed by atoms with E-state index in [-0.39, 0.29) is 0 Å². The van der Waals surface area contributed by atoms with Crippen molar-refractivity contribution in [3.63, 3.8) is 0 Å². The molecule has 1 saturated heterocycles. The zero-order valence-corrected chi connectivity index (χ0v) is 9.74. The van der Waals surface area contributed by atoms with Gasteiger partial charge < -0.3 is 10.2 Å². The van der Waals surface area contributed by atoms with Crippen LogP contribution < -0.4 is 5.32 Å². The van der Waals surface area contributed by atoms with Crippen LogP contribution in [0.25, 0.3) is 0 Å². The van der Waals surface area contributed by atoms with E-state index in [1.807, 2.05) is 16.7 Å². The number of hydrogen-bond donors (Lipinski definition) is 1. The largest absolute Gasteiger partial charge is 0.340 e. The molecular formula is C10H20N2OS. The van der Waals surface area contributed by atoms with Gasteiger partial charge in [0, 0.05) is 38.4 Å². The molecular weight excluding hydrogens is 196 g/mol. The second-order valence-electron chi connectivity index (χ2n) is 3.49. The monoisotopic (exact) mass is 216 g/mol. The fourth-order valence-corrected chi connectivity index (χ4v) is 2.29. The molecule has 0 aliphatic carbocycles. The van der Waals surface area contributed by atoms with E-state index < -0.39 is 0 Å².